The van der Waals surface area contributed by atoms with E-state index in [1.165, 1.54) is 17.1 Å². The van der Waals surface area contributed by atoms with Gasteiger partial charge in [0.25, 0.3) is 5.91 Å². The van der Waals surface area contributed by atoms with Crippen LogP contribution in [0.1, 0.15) is 35.2 Å². The number of carbonyl (C=O) groups excluding carboxylic acids is 2. The minimum atomic E-state index is -0.612. The lowest BCUT2D eigenvalue weighted by Crippen LogP contribution is -2.20. The molecular formula is C26H28N2O4. The van der Waals surface area contributed by atoms with Crippen molar-refractivity contribution in [1.82, 2.24) is 10.8 Å². The van der Waals surface area contributed by atoms with Gasteiger partial charge in [-0.25, -0.2) is 5.48 Å². The number of hydrogen-bond donors (Lipinski definition) is 3. The predicted octanol–water partition coefficient (Wildman–Crippen LogP) is 4.43. The van der Waals surface area contributed by atoms with Gasteiger partial charge in [-0.15, -0.1) is 0 Å². The molecule has 6 heteroatoms. The number of nitrogens with one attached hydrogen (secondary N) is 2. The minimum absolute atomic E-state index is 0.326. The summed E-state index contributed by atoms with van der Waals surface area (Å²) in [4.78, 5) is 22.1. The standard InChI is InChI=1S/C19H20N2O4.C7H8/c1-2-25-17-9-7-15(8-10-17)19(20-13-22)16-5-3-4-14(12-16)6-11-18(23)21-24;1-7-5-3-2-4-6-7/h3-13,19,24H,2H2,1H3,(H,20,22)(H,21,23);2-6H,1H3/b11-6+;. The van der Waals surface area contributed by atoms with Crippen LogP contribution < -0.4 is 15.5 Å². The number of rotatable bonds is 8. The molecule has 0 heterocycles. The summed E-state index contributed by atoms with van der Waals surface area (Å²) in [6, 6.07) is 24.8. The summed E-state index contributed by atoms with van der Waals surface area (Å²) in [6.07, 6.45) is 3.45. The number of hydrogen-bond acceptors (Lipinski definition) is 4. The molecule has 3 aromatic carbocycles. The molecule has 0 fully saturated rings. The Hall–Kier alpha value is -3.90. The van der Waals surface area contributed by atoms with E-state index in [9.17, 15) is 9.59 Å². The van der Waals surface area contributed by atoms with Gasteiger partial charge in [0.05, 0.1) is 12.6 Å². The lowest BCUT2D eigenvalue weighted by molar-refractivity contribution is -0.124. The van der Waals surface area contributed by atoms with E-state index in [2.05, 4.69) is 24.4 Å². The van der Waals surface area contributed by atoms with Gasteiger partial charge in [0.15, 0.2) is 0 Å². The SMILES string of the molecule is CCOc1ccc(C(NC=O)c2cccc(/C=C/C(=O)NO)c2)cc1.Cc1ccccc1. The Morgan fingerprint density at radius 1 is 1.00 bits per heavy atom. The van der Waals surface area contributed by atoms with E-state index >= 15 is 0 Å². The van der Waals surface area contributed by atoms with Crippen LogP contribution in [0.3, 0.4) is 0 Å². The first-order valence-electron chi connectivity index (χ1n) is 10.2. The van der Waals surface area contributed by atoms with Crippen LogP contribution in [0.4, 0.5) is 0 Å². The highest BCUT2D eigenvalue weighted by Crippen LogP contribution is 2.25. The molecular weight excluding hydrogens is 404 g/mol. The van der Waals surface area contributed by atoms with Crippen LogP contribution in [-0.2, 0) is 9.59 Å². The Morgan fingerprint density at radius 2 is 1.72 bits per heavy atom. The molecule has 2 amide bonds. The second-order valence-electron chi connectivity index (χ2n) is 6.85. The summed E-state index contributed by atoms with van der Waals surface area (Å²) in [5, 5.41) is 11.3. The van der Waals surface area contributed by atoms with Gasteiger partial charge in [-0.2, -0.15) is 0 Å². The van der Waals surface area contributed by atoms with Gasteiger partial charge >= 0.3 is 0 Å². The van der Waals surface area contributed by atoms with Gasteiger partial charge in [0.2, 0.25) is 6.41 Å². The van der Waals surface area contributed by atoms with Crippen LogP contribution in [0.15, 0.2) is 84.9 Å². The second-order valence-corrected chi connectivity index (χ2v) is 6.85. The Bertz CT molecular complexity index is 1000. The van der Waals surface area contributed by atoms with E-state index < -0.39 is 5.91 Å². The summed E-state index contributed by atoms with van der Waals surface area (Å²) in [6.45, 7) is 4.59. The molecule has 0 aliphatic rings. The van der Waals surface area contributed by atoms with E-state index in [0.29, 0.717) is 13.0 Å². The van der Waals surface area contributed by atoms with E-state index in [1.54, 1.807) is 6.08 Å². The summed E-state index contributed by atoms with van der Waals surface area (Å²) in [7, 11) is 0. The fraction of sp³-hybridized carbons (Fsp3) is 0.154. The largest absolute Gasteiger partial charge is 0.494 e. The quantitative estimate of drug-likeness (QED) is 0.213. The molecule has 0 spiro atoms. The molecule has 3 N–H and O–H groups in total. The number of carbonyl (C=O) groups is 2. The molecule has 0 saturated carbocycles. The van der Waals surface area contributed by atoms with Gasteiger partial charge in [0, 0.05) is 6.08 Å². The molecule has 0 bridgehead atoms. The van der Waals surface area contributed by atoms with E-state index in [1.807, 2.05) is 73.7 Å². The average molecular weight is 433 g/mol. The lowest BCUT2D eigenvalue weighted by atomic mass is 9.97. The van der Waals surface area contributed by atoms with Crippen LogP contribution in [0.5, 0.6) is 5.75 Å². The van der Waals surface area contributed by atoms with Crippen molar-refractivity contribution in [3.8, 4) is 5.75 Å². The van der Waals surface area contributed by atoms with Crippen LogP contribution in [0.25, 0.3) is 6.08 Å². The molecule has 1 atom stereocenters. The Labute approximate surface area is 188 Å². The third kappa shape index (κ3) is 8.08. The van der Waals surface area contributed by atoms with Gasteiger partial charge in [-0.3, -0.25) is 14.8 Å². The zero-order chi connectivity index (χ0) is 23.2. The molecule has 1 unspecified atom stereocenters. The highest BCUT2D eigenvalue weighted by Gasteiger charge is 2.13. The maximum atomic E-state index is 11.1. The maximum absolute atomic E-state index is 11.1. The molecule has 0 aliphatic heterocycles. The number of hydroxylamine groups is 1. The van der Waals surface area contributed by atoms with Crippen molar-refractivity contribution < 1.29 is 19.5 Å². The fourth-order valence-electron chi connectivity index (χ4n) is 2.96. The summed E-state index contributed by atoms with van der Waals surface area (Å²) in [5.74, 6) is 0.155. The van der Waals surface area contributed by atoms with Crippen LogP contribution in [-0.4, -0.2) is 24.1 Å². The zero-order valence-electron chi connectivity index (χ0n) is 18.2. The smallest absolute Gasteiger partial charge is 0.267 e. The van der Waals surface area contributed by atoms with Crippen molar-refractivity contribution in [2.45, 2.75) is 19.9 Å². The first kappa shape index (κ1) is 24.4. The maximum Gasteiger partial charge on any atom is 0.267 e. The molecule has 3 rings (SSSR count). The molecule has 0 radical (unpaired) electrons. The topological polar surface area (TPSA) is 87.7 Å². The summed E-state index contributed by atoms with van der Waals surface area (Å²) in [5.41, 5.74) is 5.40. The van der Waals surface area contributed by atoms with Crippen molar-refractivity contribution >= 4 is 18.4 Å². The van der Waals surface area contributed by atoms with Crippen molar-refractivity contribution in [2.75, 3.05) is 6.61 Å². The molecule has 32 heavy (non-hydrogen) atoms. The Morgan fingerprint density at radius 3 is 2.28 bits per heavy atom. The molecule has 0 aliphatic carbocycles. The third-order valence-electron chi connectivity index (χ3n) is 4.48. The van der Waals surface area contributed by atoms with E-state index in [-0.39, 0.29) is 6.04 Å². The third-order valence-corrected chi connectivity index (χ3v) is 4.48. The molecule has 166 valence electrons. The number of amides is 2. The minimum Gasteiger partial charge on any atom is -0.494 e. The van der Waals surface area contributed by atoms with E-state index in [4.69, 9.17) is 9.94 Å². The highest BCUT2D eigenvalue weighted by atomic mass is 16.5. The van der Waals surface area contributed by atoms with Gasteiger partial charge in [0.1, 0.15) is 5.75 Å². The molecule has 3 aromatic rings. The second kappa shape index (κ2) is 13.4. The number of aryl methyl sites for hydroxylation is 1. The van der Waals surface area contributed by atoms with Crippen LogP contribution in [0, 0.1) is 6.92 Å². The average Bonchev–Trinajstić information content (AvgIpc) is 2.83. The van der Waals surface area contributed by atoms with Crippen LogP contribution in [0.2, 0.25) is 0 Å². The fourth-order valence-corrected chi connectivity index (χ4v) is 2.96. The highest BCUT2D eigenvalue weighted by molar-refractivity contribution is 5.90. The number of benzene rings is 3. The summed E-state index contributed by atoms with van der Waals surface area (Å²) >= 11 is 0. The van der Waals surface area contributed by atoms with E-state index in [0.717, 1.165) is 22.4 Å². The summed E-state index contributed by atoms with van der Waals surface area (Å²) < 4.78 is 5.43. The Kier molecular flexibility index (Phi) is 10.2. The molecule has 0 aromatic heterocycles. The van der Waals surface area contributed by atoms with Crippen molar-refractivity contribution in [2.24, 2.45) is 0 Å². The Balaban J connectivity index is 0.000000439. The lowest BCUT2D eigenvalue weighted by Gasteiger charge is -2.18. The monoisotopic (exact) mass is 432 g/mol. The first-order valence-corrected chi connectivity index (χ1v) is 10.2. The molecule has 0 saturated heterocycles. The molecule has 6 nitrogen and oxygen atoms in total. The normalized spacial score (nSPS) is 11.1. The van der Waals surface area contributed by atoms with Crippen molar-refractivity contribution in [3.05, 3.63) is 107 Å². The number of ether oxygens (including phenoxy) is 1. The van der Waals surface area contributed by atoms with Gasteiger partial charge in [-0.05, 0) is 54.8 Å². The van der Waals surface area contributed by atoms with Crippen LogP contribution >= 0.6 is 0 Å². The first-order chi connectivity index (χ1) is 15.6. The van der Waals surface area contributed by atoms with Gasteiger partial charge < -0.3 is 10.1 Å². The van der Waals surface area contributed by atoms with Crippen molar-refractivity contribution in [1.29, 1.82) is 0 Å². The van der Waals surface area contributed by atoms with Gasteiger partial charge in [-0.1, -0.05) is 66.2 Å². The van der Waals surface area contributed by atoms with Crippen molar-refractivity contribution in [3.63, 3.8) is 0 Å². The predicted molar refractivity (Wildman–Crippen MR) is 125 cm³/mol. The zero-order valence-corrected chi connectivity index (χ0v) is 18.2.